The van der Waals surface area contributed by atoms with Gasteiger partial charge in [0, 0.05) is 17.1 Å². The molecule has 0 aromatic rings. The summed E-state index contributed by atoms with van der Waals surface area (Å²) >= 11 is 11.0. The highest BCUT2D eigenvalue weighted by atomic mass is 35.5. The lowest BCUT2D eigenvalue weighted by atomic mass is 9.99. The second-order valence-corrected chi connectivity index (χ2v) is 3.56. The fourth-order valence-corrected chi connectivity index (χ4v) is 0.965. The molecule has 0 aromatic carbocycles. The van der Waals surface area contributed by atoms with Gasteiger partial charge in [0.2, 0.25) is 0 Å². The number of halogens is 2. The number of aliphatic hydroxyl groups is 2. The van der Waals surface area contributed by atoms with Crippen LogP contribution in [0.5, 0.6) is 0 Å². The van der Waals surface area contributed by atoms with Crippen LogP contribution in [0, 0.1) is 0 Å². The van der Waals surface area contributed by atoms with Gasteiger partial charge >= 0.3 is 0 Å². The molecule has 0 radical (unpaired) electrons. The van der Waals surface area contributed by atoms with E-state index in [0.717, 1.165) is 0 Å². The molecule has 0 saturated heterocycles. The molecule has 78 valence electrons. The molecule has 0 aliphatic carbocycles. The van der Waals surface area contributed by atoms with Gasteiger partial charge in [-0.3, -0.25) is 0 Å². The number of hydrogen-bond acceptors (Lipinski definition) is 3. The standard InChI is InChI=1S/C8H15Cl2NO2/c1-2-8(5-12,6-13)11-4-7(10)3-9/h3,11-13H,2,4-6H2,1H3. The Morgan fingerprint density at radius 3 is 2.31 bits per heavy atom. The minimum atomic E-state index is -0.667. The Morgan fingerprint density at radius 1 is 1.46 bits per heavy atom. The van der Waals surface area contributed by atoms with Crippen molar-refractivity contribution in [3.8, 4) is 0 Å². The Morgan fingerprint density at radius 2 is 2.00 bits per heavy atom. The Balaban J connectivity index is 4.10. The van der Waals surface area contributed by atoms with E-state index >= 15 is 0 Å². The van der Waals surface area contributed by atoms with Gasteiger partial charge in [0.15, 0.2) is 0 Å². The topological polar surface area (TPSA) is 52.5 Å². The smallest absolute Gasteiger partial charge is 0.0648 e. The maximum atomic E-state index is 9.04. The van der Waals surface area contributed by atoms with Crippen LogP contribution in [0.15, 0.2) is 10.6 Å². The molecule has 0 bridgehead atoms. The van der Waals surface area contributed by atoms with Gasteiger partial charge in [-0.05, 0) is 6.42 Å². The summed E-state index contributed by atoms with van der Waals surface area (Å²) in [6, 6.07) is 0. The summed E-state index contributed by atoms with van der Waals surface area (Å²) in [5, 5.41) is 21.5. The van der Waals surface area contributed by atoms with E-state index in [4.69, 9.17) is 33.4 Å². The molecular weight excluding hydrogens is 213 g/mol. The van der Waals surface area contributed by atoms with E-state index in [1.54, 1.807) is 0 Å². The van der Waals surface area contributed by atoms with Gasteiger partial charge < -0.3 is 15.5 Å². The molecule has 5 heteroatoms. The van der Waals surface area contributed by atoms with Crippen molar-refractivity contribution in [3.05, 3.63) is 10.6 Å². The zero-order chi connectivity index (χ0) is 10.3. The first-order valence-corrected chi connectivity index (χ1v) is 4.87. The van der Waals surface area contributed by atoms with Gasteiger partial charge in [-0.1, -0.05) is 30.1 Å². The highest BCUT2D eigenvalue weighted by Crippen LogP contribution is 2.10. The predicted octanol–water partition coefficient (Wildman–Crippen LogP) is 1.03. The molecule has 0 amide bonds. The van der Waals surface area contributed by atoms with Crippen LogP contribution in [0.3, 0.4) is 0 Å². The molecule has 0 unspecified atom stereocenters. The lowest BCUT2D eigenvalue weighted by molar-refractivity contribution is 0.0906. The van der Waals surface area contributed by atoms with Gasteiger partial charge in [0.1, 0.15) is 0 Å². The quantitative estimate of drug-likeness (QED) is 0.636. The second-order valence-electron chi connectivity index (χ2n) is 2.86. The summed E-state index contributed by atoms with van der Waals surface area (Å²) in [6.07, 6.45) is 0.618. The van der Waals surface area contributed by atoms with Crippen molar-refractivity contribution in [2.24, 2.45) is 0 Å². The van der Waals surface area contributed by atoms with E-state index in [1.807, 2.05) is 6.92 Å². The fourth-order valence-electron chi connectivity index (χ4n) is 0.821. The Hall–Kier alpha value is 0.200. The first-order valence-electron chi connectivity index (χ1n) is 4.05. The molecule has 13 heavy (non-hydrogen) atoms. The van der Waals surface area contributed by atoms with Gasteiger partial charge in [-0.15, -0.1) is 0 Å². The lowest BCUT2D eigenvalue weighted by Crippen LogP contribution is -2.51. The molecule has 0 spiro atoms. The van der Waals surface area contributed by atoms with Crippen LogP contribution < -0.4 is 5.32 Å². The molecule has 0 rings (SSSR count). The molecule has 0 fully saturated rings. The van der Waals surface area contributed by atoms with Gasteiger partial charge in [0.05, 0.1) is 18.8 Å². The third kappa shape index (κ3) is 4.29. The highest BCUT2D eigenvalue weighted by molar-refractivity contribution is 6.36. The molecule has 0 aromatic heterocycles. The van der Waals surface area contributed by atoms with E-state index in [0.29, 0.717) is 18.0 Å². The summed E-state index contributed by atoms with van der Waals surface area (Å²) in [5.41, 5.74) is 0.587. The van der Waals surface area contributed by atoms with Crippen LogP contribution in [-0.2, 0) is 0 Å². The van der Waals surface area contributed by atoms with Crippen LogP contribution in [0.2, 0.25) is 0 Å². The van der Waals surface area contributed by atoms with Crippen molar-refractivity contribution in [2.45, 2.75) is 18.9 Å². The average Bonchev–Trinajstić information content (AvgIpc) is 2.20. The zero-order valence-electron chi connectivity index (χ0n) is 7.56. The SMILES string of the molecule is CCC(CO)(CO)NCC(Cl)=CCl. The van der Waals surface area contributed by atoms with Crippen molar-refractivity contribution in [2.75, 3.05) is 19.8 Å². The van der Waals surface area contributed by atoms with Crippen molar-refractivity contribution in [3.63, 3.8) is 0 Å². The number of hydrogen-bond donors (Lipinski definition) is 3. The number of nitrogens with one attached hydrogen (secondary N) is 1. The monoisotopic (exact) mass is 227 g/mol. The number of aliphatic hydroxyl groups excluding tert-OH is 2. The fraction of sp³-hybridized carbons (Fsp3) is 0.750. The Kier molecular flexibility index (Phi) is 6.73. The summed E-state index contributed by atoms with van der Waals surface area (Å²) in [5.74, 6) is 0. The summed E-state index contributed by atoms with van der Waals surface area (Å²) in [7, 11) is 0. The van der Waals surface area contributed by atoms with Crippen LogP contribution in [-0.4, -0.2) is 35.5 Å². The zero-order valence-corrected chi connectivity index (χ0v) is 9.07. The molecule has 0 saturated carbocycles. The molecule has 0 heterocycles. The van der Waals surface area contributed by atoms with E-state index in [-0.39, 0.29) is 13.2 Å². The van der Waals surface area contributed by atoms with Crippen molar-refractivity contribution >= 4 is 23.2 Å². The van der Waals surface area contributed by atoms with Crippen LogP contribution in [0.25, 0.3) is 0 Å². The van der Waals surface area contributed by atoms with Crippen LogP contribution >= 0.6 is 23.2 Å². The Bertz CT molecular complexity index is 161. The van der Waals surface area contributed by atoms with Gasteiger partial charge in [0.25, 0.3) is 0 Å². The van der Waals surface area contributed by atoms with Crippen molar-refractivity contribution in [1.29, 1.82) is 0 Å². The van der Waals surface area contributed by atoms with Crippen LogP contribution in [0.4, 0.5) is 0 Å². The largest absolute Gasteiger partial charge is 0.394 e. The minimum absolute atomic E-state index is 0.132. The first kappa shape index (κ1) is 13.2. The molecule has 0 aliphatic rings. The highest BCUT2D eigenvalue weighted by Gasteiger charge is 2.25. The predicted molar refractivity (Wildman–Crippen MR) is 55.0 cm³/mol. The van der Waals surface area contributed by atoms with Crippen LogP contribution in [0.1, 0.15) is 13.3 Å². The normalized spacial score (nSPS) is 13.5. The molecule has 3 N–H and O–H groups in total. The average molecular weight is 228 g/mol. The number of rotatable bonds is 6. The molecule has 3 nitrogen and oxygen atoms in total. The third-order valence-corrected chi connectivity index (χ3v) is 2.65. The van der Waals surface area contributed by atoms with E-state index in [9.17, 15) is 0 Å². The molecule has 0 atom stereocenters. The second kappa shape index (κ2) is 6.62. The first-order chi connectivity index (χ1) is 6.14. The van der Waals surface area contributed by atoms with Crippen molar-refractivity contribution in [1.82, 2.24) is 5.32 Å². The van der Waals surface area contributed by atoms with Crippen molar-refractivity contribution < 1.29 is 10.2 Å². The minimum Gasteiger partial charge on any atom is -0.394 e. The lowest BCUT2D eigenvalue weighted by Gasteiger charge is -2.29. The molecular formula is C8H15Cl2NO2. The third-order valence-electron chi connectivity index (χ3n) is 2.03. The van der Waals surface area contributed by atoms with E-state index < -0.39 is 5.54 Å². The summed E-state index contributed by atoms with van der Waals surface area (Å²) in [4.78, 5) is 0. The van der Waals surface area contributed by atoms with Gasteiger partial charge in [-0.2, -0.15) is 0 Å². The maximum Gasteiger partial charge on any atom is 0.0648 e. The summed E-state index contributed by atoms with van der Waals surface area (Å²) in [6.45, 7) is 1.96. The Labute approximate surface area is 88.3 Å². The maximum absolute atomic E-state index is 9.04. The summed E-state index contributed by atoms with van der Waals surface area (Å²) < 4.78 is 0. The van der Waals surface area contributed by atoms with E-state index in [1.165, 1.54) is 5.54 Å². The molecule has 0 aliphatic heterocycles. The van der Waals surface area contributed by atoms with Gasteiger partial charge in [-0.25, -0.2) is 0 Å². The van der Waals surface area contributed by atoms with E-state index in [2.05, 4.69) is 5.32 Å².